The van der Waals surface area contributed by atoms with Crippen molar-refractivity contribution in [1.82, 2.24) is 15.6 Å². The molecule has 0 spiro atoms. The second-order valence-corrected chi connectivity index (χ2v) is 6.65. The van der Waals surface area contributed by atoms with Crippen LogP contribution in [0.25, 0.3) is 0 Å². The van der Waals surface area contributed by atoms with Crippen LogP contribution >= 0.6 is 35.6 Å². The number of guanidine groups is 1. The van der Waals surface area contributed by atoms with E-state index in [1.807, 2.05) is 36.1 Å². The molecule has 1 aromatic carbocycles. The Hall–Kier alpha value is -1.61. The summed E-state index contributed by atoms with van der Waals surface area (Å²) in [5, 5.41) is 7.40. The summed E-state index contributed by atoms with van der Waals surface area (Å²) in [5.74, 6) is 0.883. The minimum atomic E-state index is -0.283. The molecule has 8 heteroatoms. The van der Waals surface area contributed by atoms with Gasteiger partial charge in [0.25, 0.3) is 0 Å². The molecule has 0 amide bonds. The van der Waals surface area contributed by atoms with Gasteiger partial charge in [0.15, 0.2) is 17.6 Å². The van der Waals surface area contributed by atoms with Gasteiger partial charge in [0.1, 0.15) is 0 Å². The average Bonchev–Trinajstić information content (AvgIpc) is 3.09. The molecule has 1 aromatic heterocycles. The van der Waals surface area contributed by atoms with Gasteiger partial charge in [-0.15, -0.1) is 24.0 Å². The number of benzene rings is 1. The zero-order chi connectivity index (χ0) is 18.4. The maximum absolute atomic E-state index is 13.9. The predicted molar refractivity (Wildman–Crippen MR) is 120 cm³/mol. The summed E-state index contributed by atoms with van der Waals surface area (Å²) in [4.78, 5) is 10.8. The summed E-state index contributed by atoms with van der Waals surface area (Å²) in [7, 11) is 0. The van der Waals surface area contributed by atoms with Crippen LogP contribution in [0.3, 0.4) is 0 Å². The highest BCUT2D eigenvalue weighted by Gasteiger charge is 2.25. The number of aromatic nitrogens is 1. The minimum Gasteiger partial charge on any atom is -0.357 e. The highest BCUT2D eigenvalue weighted by molar-refractivity contribution is 14.0. The lowest BCUT2D eigenvalue weighted by Crippen LogP contribution is -2.44. The summed E-state index contributed by atoms with van der Waals surface area (Å²) in [6, 6.07) is 10.9. The summed E-state index contributed by atoms with van der Waals surface area (Å²) in [6.45, 7) is 4.80. The van der Waals surface area contributed by atoms with Gasteiger partial charge in [-0.25, -0.2) is 14.4 Å². The highest BCUT2D eigenvalue weighted by atomic mass is 127. The molecule has 0 bridgehead atoms. The van der Waals surface area contributed by atoms with Crippen molar-refractivity contribution < 1.29 is 4.39 Å². The van der Waals surface area contributed by atoms with Gasteiger partial charge in [-0.05, 0) is 43.2 Å². The van der Waals surface area contributed by atoms with Crippen molar-refractivity contribution in [2.45, 2.75) is 25.9 Å². The van der Waals surface area contributed by atoms with E-state index in [2.05, 4.69) is 20.6 Å². The zero-order valence-corrected chi connectivity index (χ0v) is 18.2. The largest absolute Gasteiger partial charge is 0.357 e. The zero-order valence-electron chi connectivity index (χ0n) is 15.2. The molecule has 5 nitrogen and oxygen atoms in total. The van der Waals surface area contributed by atoms with Gasteiger partial charge in [0.05, 0.1) is 6.54 Å². The summed E-state index contributed by atoms with van der Waals surface area (Å²) >= 11 is 6.02. The van der Waals surface area contributed by atoms with E-state index in [1.54, 1.807) is 12.3 Å². The Balaban J connectivity index is 0.00000261. The Kier molecular flexibility index (Phi) is 8.56. The molecule has 1 aliphatic rings. The van der Waals surface area contributed by atoms with Gasteiger partial charge in [-0.3, -0.25) is 0 Å². The Bertz CT molecular complexity index is 773. The Morgan fingerprint density at radius 2 is 2.22 bits per heavy atom. The SMILES string of the molecule is CCNC(=NCc1cccc(Cl)c1)NC1CCN(c2ncccc2F)C1.I. The number of nitrogens with zero attached hydrogens (tertiary/aromatic N) is 3. The second-order valence-electron chi connectivity index (χ2n) is 6.21. The van der Waals surface area contributed by atoms with Crippen LogP contribution in [-0.4, -0.2) is 36.6 Å². The van der Waals surface area contributed by atoms with E-state index in [1.165, 1.54) is 6.07 Å². The third-order valence-corrected chi connectivity index (χ3v) is 4.46. The maximum atomic E-state index is 13.9. The van der Waals surface area contributed by atoms with Crippen molar-refractivity contribution in [3.05, 3.63) is 59.0 Å². The molecule has 2 N–H and O–H groups in total. The van der Waals surface area contributed by atoms with E-state index in [9.17, 15) is 4.39 Å². The first kappa shape index (κ1) is 21.7. The smallest absolute Gasteiger partial charge is 0.191 e. The molecular weight excluding hydrogens is 480 g/mol. The monoisotopic (exact) mass is 503 g/mol. The van der Waals surface area contributed by atoms with Crippen LogP contribution < -0.4 is 15.5 Å². The normalized spacial score (nSPS) is 16.8. The van der Waals surface area contributed by atoms with Crippen molar-refractivity contribution in [2.24, 2.45) is 4.99 Å². The van der Waals surface area contributed by atoms with E-state index in [-0.39, 0.29) is 35.8 Å². The first-order valence-electron chi connectivity index (χ1n) is 8.80. The lowest BCUT2D eigenvalue weighted by atomic mass is 10.2. The Morgan fingerprint density at radius 3 is 2.96 bits per heavy atom. The second kappa shape index (κ2) is 10.7. The first-order valence-corrected chi connectivity index (χ1v) is 9.18. The van der Waals surface area contributed by atoms with Crippen LogP contribution in [0.5, 0.6) is 0 Å². The molecule has 0 saturated carbocycles. The molecule has 1 atom stereocenters. The minimum absolute atomic E-state index is 0. The fourth-order valence-electron chi connectivity index (χ4n) is 3.00. The number of hydrogen-bond acceptors (Lipinski definition) is 3. The number of pyridine rings is 1. The number of anilines is 1. The summed E-state index contributed by atoms with van der Waals surface area (Å²) in [6.07, 6.45) is 2.52. The Labute approximate surface area is 181 Å². The van der Waals surface area contributed by atoms with Gasteiger partial charge in [-0.2, -0.15) is 0 Å². The van der Waals surface area contributed by atoms with Crippen LogP contribution in [0, 0.1) is 5.82 Å². The number of nitrogens with one attached hydrogen (secondary N) is 2. The average molecular weight is 504 g/mol. The van der Waals surface area contributed by atoms with E-state index >= 15 is 0 Å². The summed E-state index contributed by atoms with van der Waals surface area (Å²) in [5.41, 5.74) is 1.05. The number of aliphatic imine (C=N–C) groups is 1. The number of halogens is 3. The van der Waals surface area contributed by atoms with Gasteiger partial charge in [-0.1, -0.05) is 23.7 Å². The molecule has 0 aliphatic carbocycles. The van der Waals surface area contributed by atoms with Crippen molar-refractivity contribution in [1.29, 1.82) is 0 Å². The molecule has 1 saturated heterocycles. The molecule has 1 fully saturated rings. The van der Waals surface area contributed by atoms with Crippen molar-refractivity contribution in [3.8, 4) is 0 Å². The summed E-state index contributed by atoms with van der Waals surface area (Å²) < 4.78 is 13.9. The van der Waals surface area contributed by atoms with Gasteiger partial charge in [0.2, 0.25) is 0 Å². The number of rotatable bonds is 5. The quantitative estimate of drug-likeness (QED) is 0.370. The van der Waals surface area contributed by atoms with E-state index < -0.39 is 0 Å². The van der Waals surface area contributed by atoms with Crippen LogP contribution in [-0.2, 0) is 6.54 Å². The molecule has 146 valence electrons. The van der Waals surface area contributed by atoms with Gasteiger partial charge >= 0.3 is 0 Å². The third-order valence-electron chi connectivity index (χ3n) is 4.22. The lowest BCUT2D eigenvalue weighted by molar-refractivity contribution is 0.612. The fraction of sp³-hybridized carbons (Fsp3) is 0.368. The van der Waals surface area contributed by atoms with Crippen LogP contribution in [0.1, 0.15) is 18.9 Å². The Morgan fingerprint density at radius 1 is 1.37 bits per heavy atom. The third kappa shape index (κ3) is 6.21. The van der Waals surface area contributed by atoms with Crippen LogP contribution in [0.4, 0.5) is 10.2 Å². The van der Waals surface area contributed by atoms with Crippen LogP contribution in [0.15, 0.2) is 47.6 Å². The van der Waals surface area contributed by atoms with Gasteiger partial charge < -0.3 is 15.5 Å². The predicted octanol–water partition coefficient (Wildman–Crippen LogP) is 3.83. The van der Waals surface area contributed by atoms with E-state index in [0.29, 0.717) is 23.9 Å². The van der Waals surface area contributed by atoms with Crippen molar-refractivity contribution in [2.75, 3.05) is 24.5 Å². The van der Waals surface area contributed by atoms with E-state index in [0.717, 1.165) is 31.0 Å². The molecule has 1 aliphatic heterocycles. The number of hydrogen-bond donors (Lipinski definition) is 2. The van der Waals surface area contributed by atoms with Gasteiger partial charge in [0, 0.05) is 36.9 Å². The first-order chi connectivity index (χ1) is 12.7. The molecule has 2 aromatic rings. The maximum Gasteiger partial charge on any atom is 0.191 e. The van der Waals surface area contributed by atoms with E-state index in [4.69, 9.17) is 11.6 Å². The fourth-order valence-corrected chi connectivity index (χ4v) is 3.21. The topological polar surface area (TPSA) is 52.6 Å². The highest BCUT2D eigenvalue weighted by Crippen LogP contribution is 2.20. The van der Waals surface area contributed by atoms with Crippen LogP contribution in [0.2, 0.25) is 5.02 Å². The standard InChI is InChI=1S/C19H23ClFN5.HI/c1-2-22-19(24-12-14-5-3-6-15(20)11-14)25-16-8-10-26(13-16)18-17(21)7-4-9-23-18;/h3-7,9,11,16H,2,8,10,12-13H2,1H3,(H2,22,24,25);1H. The molecule has 1 unspecified atom stereocenters. The molecule has 3 rings (SSSR count). The molecule has 2 heterocycles. The molecule has 27 heavy (non-hydrogen) atoms. The molecule has 0 radical (unpaired) electrons. The molecular formula is C19H24ClFIN5. The van der Waals surface area contributed by atoms with Crippen molar-refractivity contribution in [3.63, 3.8) is 0 Å². The van der Waals surface area contributed by atoms with Crippen molar-refractivity contribution >= 4 is 47.4 Å². The lowest BCUT2D eigenvalue weighted by Gasteiger charge is -2.20.